The first-order valence-corrected chi connectivity index (χ1v) is 8.81. The van der Waals surface area contributed by atoms with Crippen LogP contribution in [-0.4, -0.2) is 48.0 Å². The van der Waals surface area contributed by atoms with Crippen molar-refractivity contribution in [1.82, 2.24) is 19.7 Å². The van der Waals surface area contributed by atoms with Gasteiger partial charge in [-0.1, -0.05) is 31.2 Å². The number of aryl methyl sites for hydroxylation is 1. The average Bonchev–Trinajstić information content (AvgIpc) is 3.00. The van der Waals surface area contributed by atoms with Crippen LogP contribution in [0.1, 0.15) is 23.7 Å². The zero-order chi connectivity index (χ0) is 18.2. The molecular formula is C20H32IN5. The van der Waals surface area contributed by atoms with Gasteiger partial charge in [-0.3, -0.25) is 4.99 Å². The van der Waals surface area contributed by atoms with Crippen LogP contribution in [0, 0.1) is 0 Å². The summed E-state index contributed by atoms with van der Waals surface area (Å²) < 4.78 is 2.14. The fourth-order valence-electron chi connectivity index (χ4n) is 2.81. The lowest BCUT2D eigenvalue weighted by molar-refractivity contribution is 0.345. The first kappa shape index (κ1) is 22.5. The smallest absolute Gasteiger partial charge is 0.194 e. The molecule has 0 fully saturated rings. The van der Waals surface area contributed by atoms with Gasteiger partial charge in [0.05, 0.1) is 6.54 Å². The van der Waals surface area contributed by atoms with Gasteiger partial charge in [0.15, 0.2) is 5.96 Å². The molecule has 1 heterocycles. The molecule has 0 saturated carbocycles. The van der Waals surface area contributed by atoms with E-state index in [9.17, 15) is 0 Å². The van der Waals surface area contributed by atoms with E-state index in [4.69, 9.17) is 0 Å². The molecule has 144 valence electrons. The van der Waals surface area contributed by atoms with E-state index >= 15 is 0 Å². The van der Waals surface area contributed by atoms with Crippen LogP contribution in [0.3, 0.4) is 0 Å². The van der Waals surface area contributed by atoms with E-state index < -0.39 is 0 Å². The number of aliphatic imine (C=N–C) groups is 1. The molecule has 0 amide bonds. The summed E-state index contributed by atoms with van der Waals surface area (Å²) in [4.78, 5) is 8.86. The Morgan fingerprint density at radius 1 is 1.12 bits per heavy atom. The monoisotopic (exact) mass is 469 g/mol. The van der Waals surface area contributed by atoms with Crippen LogP contribution in [0.2, 0.25) is 0 Å². The third-order valence-electron chi connectivity index (χ3n) is 4.46. The first-order valence-electron chi connectivity index (χ1n) is 8.81. The Hall–Kier alpha value is -1.54. The van der Waals surface area contributed by atoms with Gasteiger partial charge in [0, 0.05) is 46.1 Å². The van der Waals surface area contributed by atoms with Gasteiger partial charge in [0.25, 0.3) is 0 Å². The standard InChI is InChI=1S/C20H31N5.HI/c1-6-23(3)15-18-10-7-9-17(13-18)14-22-20(21-2)25(5)16-19-11-8-12-24(19)4;/h7-13H,6,14-16H2,1-5H3,(H,21,22);1H. The molecule has 5 nitrogen and oxygen atoms in total. The fourth-order valence-corrected chi connectivity index (χ4v) is 2.81. The van der Waals surface area contributed by atoms with Crippen LogP contribution >= 0.6 is 24.0 Å². The summed E-state index contributed by atoms with van der Waals surface area (Å²) in [5.41, 5.74) is 3.88. The van der Waals surface area contributed by atoms with E-state index in [-0.39, 0.29) is 24.0 Å². The van der Waals surface area contributed by atoms with Gasteiger partial charge in [0.2, 0.25) is 0 Å². The highest BCUT2D eigenvalue weighted by Crippen LogP contribution is 2.08. The van der Waals surface area contributed by atoms with E-state index in [1.54, 1.807) is 0 Å². The van der Waals surface area contributed by atoms with Crippen LogP contribution in [0.4, 0.5) is 0 Å². The maximum absolute atomic E-state index is 4.41. The highest BCUT2D eigenvalue weighted by atomic mass is 127. The second kappa shape index (κ2) is 11.2. The molecule has 0 spiro atoms. The number of guanidine groups is 1. The lowest BCUT2D eigenvalue weighted by Gasteiger charge is -2.22. The molecule has 0 atom stereocenters. The molecule has 26 heavy (non-hydrogen) atoms. The number of benzene rings is 1. The molecule has 0 aliphatic carbocycles. The van der Waals surface area contributed by atoms with Crippen molar-refractivity contribution >= 4 is 29.9 Å². The van der Waals surface area contributed by atoms with Gasteiger partial charge in [-0.05, 0) is 36.9 Å². The zero-order valence-electron chi connectivity index (χ0n) is 16.6. The SMILES string of the molecule is CCN(C)Cc1cccc(CNC(=NC)N(C)Cc2cccn2C)c1.I. The quantitative estimate of drug-likeness (QED) is 0.384. The minimum Gasteiger partial charge on any atom is -0.353 e. The molecule has 0 saturated heterocycles. The largest absolute Gasteiger partial charge is 0.353 e. The normalized spacial score (nSPS) is 11.4. The molecule has 0 aliphatic rings. The molecule has 1 N–H and O–H groups in total. The second-order valence-corrected chi connectivity index (χ2v) is 6.52. The lowest BCUT2D eigenvalue weighted by Crippen LogP contribution is -2.38. The number of rotatable bonds is 7. The predicted octanol–water partition coefficient (Wildman–Crippen LogP) is 3.30. The van der Waals surface area contributed by atoms with Gasteiger partial charge in [-0.15, -0.1) is 24.0 Å². The van der Waals surface area contributed by atoms with Crippen molar-refractivity contribution in [2.24, 2.45) is 12.0 Å². The van der Waals surface area contributed by atoms with Gasteiger partial charge < -0.3 is 19.7 Å². The van der Waals surface area contributed by atoms with E-state index in [1.165, 1.54) is 16.8 Å². The molecule has 1 aromatic heterocycles. The van der Waals surface area contributed by atoms with Crippen molar-refractivity contribution in [1.29, 1.82) is 0 Å². The molecule has 1 aromatic carbocycles. The van der Waals surface area contributed by atoms with Crippen molar-refractivity contribution < 1.29 is 0 Å². The van der Waals surface area contributed by atoms with Crippen LogP contribution in [0.5, 0.6) is 0 Å². The van der Waals surface area contributed by atoms with Crippen molar-refractivity contribution in [3.63, 3.8) is 0 Å². The second-order valence-electron chi connectivity index (χ2n) is 6.52. The Bertz CT molecular complexity index is 695. The predicted molar refractivity (Wildman–Crippen MR) is 121 cm³/mol. The van der Waals surface area contributed by atoms with Gasteiger partial charge in [-0.25, -0.2) is 0 Å². The minimum absolute atomic E-state index is 0. The van der Waals surface area contributed by atoms with E-state index in [2.05, 4.69) is 95.3 Å². The third-order valence-corrected chi connectivity index (χ3v) is 4.46. The number of nitrogens with one attached hydrogen (secondary N) is 1. The summed E-state index contributed by atoms with van der Waals surface area (Å²) >= 11 is 0. The molecule has 2 rings (SSSR count). The van der Waals surface area contributed by atoms with Gasteiger partial charge in [-0.2, -0.15) is 0 Å². The third kappa shape index (κ3) is 6.64. The number of hydrogen-bond donors (Lipinski definition) is 1. The van der Waals surface area contributed by atoms with Gasteiger partial charge >= 0.3 is 0 Å². The Balaban J connectivity index is 0.00000338. The molecule has 2 aromatic rings. The summed E-state index contributed by atoms with van der Waals surface area (Å²) in [6, 6.07) is 12.9. The highest BCUT2D eigenvalue weighted by Gasteiger charge is 2.08. The molecule has 0 unspecified atom stereocenters. The van der Waals surface area contributed by atoms with Gasteiger partial charge in [0.1, 0.15) is 0 Å². The van der Waals surface area contributed by atoms with E-state index in [0.29, 0.717) is 0 Å². The molecule has 0 aliphatic heterocycles. The molecule has 0 radical (unpaired) electrons. The number of nitrogens with zero attached hydrogens (tertiary/aromatic N) is 4. The van der Waals surface area contributed by atoms with Crippen LogP contribution < -0.4 is 5.32 Å². The number of aromatic nitrogens is 1. The summed E-state index contributed by atoms with van der Waals surface area (Å²) in [5.74, 6) is 0.900. The lowest BCUT2D eigenvalue weighted by atomic mass is 10.1. The first-order chi connectivity index (χ1) is 12.0. The number of hydrogen-bond acceptors (Lipinski definition) is 2. The van der Waals surface area contributed by atoms with Crippen LogP contribution in [0.15, 0.2) is 47.6 Å². The zero-order valence-corrected chi connectivity index (χ0v) is 18.9. The molecule has 0 bridgehead atoms. The molecular weight excluding hydrogens is 437 g/mol. The topological polar surface area (TPSA) is 35.8 Å². The van der Waals surface area contributed by atoms with Crippen molar-refractivity contribution in [3.05, 3.63) is 59.4 Å². The minimum atomic E-state index is 0. The van der Waals surface area contributed by atoms with Crippen LogP contribution in [0.25, 0.3) is 0 Å². The summed E-state index contributed by atoms with van der Waals surface area (Å²) in [7, 11) is 8.11. The molecule has 6 heteroatoms. The number of halogens is 1. The van der Waals surface area contributed by atoms with Crippen LogP contribution in [-0.2, 0) is 26.7 Å². The summed E-state index contributed by atoms with van der Waals surface area (Å²) in [5, 5.41) is 3.46. The fraction of sp³-hybridized carbons (Fsp3) is 0.450. The van der Waals surface area contributed by atoms with Crippen molar-refractivity contribution in [3.8, 4) is 0 Å². The Labute approximate surface area is 175 Å². The maximum Gasteiger partial charge on any atom is 0.194 e. The average molecular weight is 469 g/mol. The summed E-state index contributed by atoms with van der Waals surface area (Å²) in [6.45, 7) is 5.81. The van der Waals surface area contributed by atoms with E-state index in [1.807, 2.05) is 7.05 Å². The Kier molecular flexibility index (Phi) is 9.72. The highest BCUT2D eigenvalue weighted by molar-refractivity contribution is 14.0. The maximum atomic E-state index is 4.41. The van der Waals surface area contributed by atoms with E-state index in [0.717, 1.165) is 32.1 Å². The van der Waals surface area contributed by atoms with Crippen molar-refractivity contribution in [2.45, 2.75) is 26.6 Å². The Morgan fingerprint density at radius 2 is 1.85 bits per heavy atom. The Morgan fingerprint density at radius 3 is 2.46 bits per heavy atom. The van der Waals surface area contributed by atoms with Crippen molar-refractivity contribution in [2.75, 3.05) is 27.7 Å². The summed E-state index contributed by atoms with van der Waals surface area (Å²) in [6.07, 6.45) is 2.07.